The van der Waals surface area contributed by atoms with Gasteiger partial charge in [-0.1, -0.05) is 6.92 Å². The molecule has 0 aliphatic carbocycles. The molecule has 0 aliphatic heterocycles. The first-order chi connectivity index (χ1) is 9.24. The normalized spacial score (nSPS) is 14.1. The van der Waals surface area contributed by atoms with E-state index in [0.717, 1.165) is 18.5 Å². The predicted octanol–water partition coefficient (Wildman–Crippen LogP) is 1.95. The number of nitrogens with one attached hydrogen (secondary N) is 1. The lowest BCUT2D eigenvalue weighted by Crippen LogP contribution is -2.45. The molecule has 0 bridgehead atoms. The molecule has 1 N–H and O–H groups in total. The van der Waals surface area contributed by atoms with Crippen molar-refractivity contribution in [2.45, 2.75) is 38.0 Å². The summed E-state index contributed by atoms with van der Waals surface area (Å²) >= 11 is 0. The van der Waals surface area contributed by atoms with Crippen molar-refractivity contribution in [3.05, 3.63) is 24.0 Å². The van der Waals surface area contributed by atoms with Gasteiger partial charge in [0.1, 0.15) is 5.75 Å². The van der Waals surface area contributed by atoms with Crippen molar-refractivity contribution >= 4 is 9.84 Å². The van der Waals surface area contributed by atoms with Crippen LogP contribution < -0.4 is 10.1 Å². The average Bonchev–Trinajstić information content (AvgIpc) is 2.38. The largest absolute Gasteiger partial charge is 0.495 e. The van der Waals surface area contributed by atoms with E-state index in [1.54, 1.807) is 33.4 Å². The number of aromatic nitrogens is 1. The van der Waals surface area contributed by atoms with E-state index < -0.39 is 14.6 Å². The lowest BCUT2D eigenvalue weighted by atomic mass is 9.96. The van der Waals surface area contributed by atoms with Crippen LogP contribution in [0.25, 0.3) is 0 Å². The molecule has 0 aromatic carbocycles. The SMILES string of the molecule is CCCNC(c1cncc(OC)c1)C(C)(C)S(C)(=O)=O. The van der Waals surface area contributed by atoms with E-state index in [1.165, 1.54) is 6.26 Å². The summed E-state index contributed by atoms with van der Waals surface area (Å²) in [5, 5.41) is 3.31. The van der Waals surface area contributed by atoms with Gasteiger partial charge >= 0.3 is 0 Å². The minimum Gasteiger partial charge on any atom is -0.495 e. The van der Waals surface area contributed by atoms with Crippen LogP contribution in [-0.2, 0) is 9.84 Å². The van der Waals surface area contributed by atoms with Gasteiger partial charge < -0.3 is 10.1 Å². The van der Waals surface area contributed by atoms with Crippen molar-refractivity contribution in [3.63, 3.8) is 0 Å². The van der Waals surface area contributed by atoms with Crippen LogP contribution in [-0.4, -0.2) is 38.1 Å². The highest BCUT2D eigenvalue weighted by Gasteiger charge is 2.39. The second-order valence-corrected chi connectivity index (χ2v) is 8.02. The third kappa shape index (κ3) is 3.70. The van der Waals surface area contributed by atoms with Gasteiger partial charge in [-0.25, -0.2) is 8.42 Å². The molecule has 5 nitrogen and oxygen atoms in total. The summed E-state index contributed by atoms with van der Waals surface area (Å²) in [6, 6.07) is 1.49. The number of hydrogen-bond acceptors (Lipinski definition) is 5. The third-order valence-electron chi connectivity index (χ3n) is 3.55. The van der Waals surface area contributed by atoms with E-state index in [-0.39, 0.29) is 6.04 Å². The molecule has 0 saturated heterocycles. The monoisotopic (exact) mass is 300 g/mol. The second kappa shape index (κ2) is 6.54. The van der Waals surface area contributed by atoms with Crippen molar-refractivity contribution < 1.29 is 13.2 Å². The van der Waals surface area contributed by atoms with Crippen molar-refractivity contribution in [1.29, 1.82) is 0 Å². The Morgan fingerprint density at radius 2 is 2.05 bits per heavy atom. The molecule has 6 heteroatoms. The maximum absolute atomic E-state index is 12.1. The molecule has 0 radical (unpaired) electrons. The van der Waals surface area contributed by atoms with Gasteiger partial charge in [0.15, 0.2) is 9.84 Å². The Labute approximate surface area is 121 Å². The number of nitrogens with zero attached hydrogens (tertiary/aromatic N) is 1. The zero-order valence-electron chi connectivity index (χ0n) is 12.8. The van der Waals surface area contributed by atoms with Crippen LogP contribution in [0.1, 0.15) is 38.8 Å². The van der Waals surface area contributed by atoms with Gasteiger partial charge in [0.05, 0.1) is 24.1 Å². The molecule has 20 heavy (non-hydrogen) atoms. The van der Waals surface area contributed by atoms with Crippen LogP contribution in [0.4, 0.5) is 0 Å². The van der Waals surface area contributed by atoms with Crippen molar-refractivity contribution in [2.75, 3.05) is 19.9 Å². The Hall–Kier alpha value is -1.14. The third-order valence-corrected chi connectivity index (χ3v) is 5.70. The zero-order chi connectivity index (χ0) is 15.4. The maximum atomic E-state index is 12.1. The van der Waals surface area contributed by atoms with Crippen LogP contribution in [0, 0.1) is 0 Å². The molecule has 1 unspecified atom stereocenters. The smallest absolute Gasteiger partial charge is 0.154 e. The van der Waals surface area contributed by atoms with Gasteiger partial charge in [0.25, 0.3) is 0 Å². The van der Waals surface area contributed by atoms with Gasteiger partial charge in [0, 0.05) is 12.5 Å². The fraction of sp³-hybridized carbons (Fsp3) is 0.643. The minimum absolute atomic E-state index is 0.333. The van der Waals surface area contributed by atoms with Gasteiger partial charge in [-0.05, 0) is 38.4 Å². The Morgan fingerprint density at radius 3 is 2.55 bits per heavy atom. The highest BCUT2D eigenvalue weighted by Crippen LogP contribution is 2.33. The zero-order valence-corrected chi connectivity index (χ0v) is 13.6. The van der Waals surface area contributed by atoms with Crippen LogP contribution in [0.5, 0.6) is 5.75 Å². The maximum Gasteiger partial charge on any atom is 0.154 e. The van der Waals surface area contributed by atoms with Gasteiger partial charge in [-0.3, -0.25) is 4.98 Å². The highest BCUT2D eigenvalue weighted by molar-refractivity contribution is 7.92. The fourth-order valence-electron chi connectivity index (χ4n) is 1.97. The summed E-state index contributed by atoms with van der Waals surface area (Å²) in [4.78, 5) is 4.12. The Morgan fingerprint density at radius 1 is 1.40 bits per heavy atom. The molecular formula is C14H24N2O3S. The molecule has 1 heterocycles. The Kier molecular flexibility index (Phi) is 5.53. The first-order valence-corrected chi connectivity index (χ1v) is 8.55. The van der Waals surface area contributed by atoms with E-state index in [1.807, 2.05) is 13.0 Å². The van der Waals surface area contributed by atoms with E-state index in [0.29, 0.717) is 5.75 Å². The van der Waals surface area contributed by atoms with Gasteiger partial charge in [-0.15, -0.1) is 0 Å². The molecule has 114 valence electrons. The topological polar surface area (TPSA) is 68.3 Å². The molecule has 0 fully saturated rings. The van der Waals surface area contributed by atoms with Gasteiger partial charge in [-0.2, -0.15) is 0 Å². The molecule has 1 aromatic heterocycles. The lowest BCUT2D eigenvalue weighted by Gasteiger charge is -2.33. The number of hydrogen-bond donors (Lipinski definition) is 1. The number of ether oxygens (including phenoxy) is 1. The van der Waals surface area contributed by atoms with Crippen molar-refractivity contribution in [3.8, 4) is 5.75 Å². The lowest BCUT2D eigenvalue weighted by molar-refractivity contribution is 0.401. The molecule has 1 rings (SSSR count). The summed E-state index contributed by atoms with van der Waals surface area (Å²) in [6.45, 7) is 6.24. The summed E-state index contributed by atoms with van der Waals surface area (Å²) in [7, 11) is -1.66. The fourth-order valence-corrected chi connectivity index (χ4v) is 2.62. The summed E-state index contributed by atoms with van der Waals surface area (Å²) in [5.41, 5.74) is 0.813. The molecule has 1 aromatic rings. The molecular weight excluding hydrogens is 276 g/mol. The minimum atomic E-state index is -3.23. The molecule has 1 atom stereocenters. The van der Waals surface area contributed by atoms with E-state index in [9.17, 15) is 8.42 Å². The van der Waals surface area contributed by atoms with Crippen molar-refractivity contribution in [1.82, 2.24) is 10.3 Å². The van der Waals surface area contributed by atoms with E-state index in [2.05, 4.69) is 10.3 Å². The quantitative estimate of drug-likeness (QED) is 0.833. The Bertz CT molecular complexity index is 541. The number of pyridine rings is 1. The molecule has 0 amide bonds. The summed E-state index contributed by atoms with van der Waals surface area (Å²) < 4.78 is 28.4. The average molecular weight is 300 g/mol. The van der Waals surface area contributed by atoms with Crippen molar-refractivity contribution in [2.24, 2.45) is 0 Å². The predicted molar refractivity (Wildman–Crippen MR) is 80.7 cm³/mol. The van der Waals surface area contributed by atoms with Gasteiger partial charge in [0.2, 0.25) is 0 Å². The first-order valence-electron chi connectivity index (χ1n) is 6.66. The van der Waals surface area contributed by atoms with Crippen LogP contribution >= 0.6 is 0 Å². The molecule has 0 spiro atoms. The Balaban J connectivity index is 3.24. The molecule has 0 saturated carbocycles. The van der Waals surface area contributed by atoms with Crippen LogP contribution in [0.2, 0.25) is 0 Å². The van der Waals surface area contributed by atoms with E-state index >= 15 is 0 Å². The summed E-state index contributed by atoms with van der Waals surface area (Å²) in [5.74, 6) is 0.620. The number of methoxy groups -OCH3 is 1. The summed E-state index contributed by atoms with van der Waals surface area (Å²) in [6.07, 6.45) is 5.48. The van der Waals surface area contributed by atoms with E-state index in [4.69, 9.17) is 4.74 Å². The van der Waals surface area contributed by atoms with Crippen LogP contribution in [0.3, 0.4) is 0 Å². The number of rotatable bonds is 7. The van der Waals surface area contributed by atoms with Crippen LogP contribution in [0.15, 0.2) is 18.5 Å². The highest BCUT2D eigenvalue weighted by atomic mass is 32.2. The first kappa shape index (κ1) is 16.9. The molecule has 0 aliphatic rings. The standard InChI is InChI=1S/C14H24N2O3S/c1-6-7-16-13(14(2,3)20(5,17)18)11-8-12(19-4)10-15-9-11/h8-10,13,16H,6-7H2,1-5H3. The second-order valence-electron chi connectivity index (χ2n) is 5.42. The number of sulfone groups is 1.